The number of benzene rings is 2. The molecule has 1 unspecified atom stereocenters. The molecule has 0 spiro atoms. The number of halogens is 3. The van der Waals surface area contributed by atoms with Crippen molar-refractivity contribution in [3.05, 3.63) is 47.7 Å². The normalized spacial score (nSPS) is 23.5. The Morgan fingerprint density at radius 3 is 2.89 bits per heavy atom. The van der Waals surface area contributed by atoms with Crippen molar-refractivity contribution in [2.75, 3.05) is 64.6 Å². The predicted octanol–water partition coefficient (Wildman–Crippen LogP) is 4.86. The molecule has 4 aromatic rings. The van der Waals surface area contributed by atoms with Crippen molar-refractivity contribution in [1.82, 2.24) is 19.9 Å². The van der Waals surface area contributed by atoms with E-state index in [4.69, 9.17) is 25.6 Å². The standard InChI is InChI=1S/C34H34F3N5O4/c1-3-24-27(36)6-5-21-11-23(43)12-25(28(21)24)30-29(37)31-26(14-38-30)32(41-9-10-45-18-20(15-41)17-44-2)40-33(39-31)46-19-34-7-4-8-42(34)16-22(35)13-34/h1,5-6,11-12,14,20,22,43H,4,7-10,13,15-19H2,2H3/t20?,22-,34+/m1/s1. The number of methoxy groups -OCH3 is 1. The van der Waals surface area contributed by atoms with E-state index in [0.29, 0.717) is 62.5 Å². The first-order chi connectivity index (χ1) is 22.3. The lowest BCUT2D eigenvalue weighted by Gasteiger charge is -2.31. The minimum Gasteiger partial charge on any atom is -0.508 e. The summed E-state index contributed by atoms with van der Waals surface area (Å²) in [7, 11) is 1.63. The Balaban J connectivity index is 1.38. The van der Waals surface area contributed by atoms with Gasteiger partial charge in [-0.15, -0.1) is 6.42 Å². The smallest absolute Gasteiger partial charge is 0.319 e. The fourth-order valence-electron chi connectivity index (χ4n) is 7.32. The van der Waals surface area contributed by atoms with Gasteiger partial charge in [-0.2, -0.15) is 9.97 Å². The number of pyridine rings is 1. The highest BCUT2D eigenvalue weighted by Gasteiger charge is 2.49. The number of rotatable bonds is 7. The molecule has 9 nitrogen and oxygen atoms in total. The van der Waals surface area contributed by atoms with Crippen LogP contribution in [0.1, 0.15) is 24.8 Å². The highest BCUT2D eigenvalue weighted by molar-refractivity contribution is 6.03. The fourth-order valence-corrected chi connectivity index (χ4v) is 7.32. The van der Waals surface area contributed by atoms with E-state index in [0.717, 1.165) is 19.4 Å². The minimum atomic E-state index is -0.937. The molecule has 3 saturated heterocycles. The molecule has 3 aliphatic heterocycles. The van der Waals surface area contributed by atoms with E-state index >= 15 is 4.39 Å². The van der Waals surface area contributed by atoms with E-state index in [1.165, 1.54) is 30.5 Å². The summed E-state index contributed by atoms with van der Waals surface area (Å²) in [4.78, 5) is 17.9. The molecular formula is C34H34F3N5O4. The monoisotopic (exact) mass is 633 g/mol. The third-order valence-corrected chi connectivity index (χ3v) is 9.37. The van der Waals surface area contributed by atoms with Crippen LogP contribution in [0.15, 0.2) is 30.5 Å². The van der Waals surface area contributed by atoms with Gasteiger partial charge in [-0.05, 0) is 43.0 Å². The summed E-state index contributed by atoms with van der Waals surface area (Å²) in [5, 5.41) is 11.5. The van der Waals surface area contributed by atoms with Gasteiger partial charge in [0.1, 0.15) is 41.4 Å². The molecule has 46 heavy (non-hydrogen) atoms. The summed E-state index contributed by atoms with van der Waals surface area (Å²) in [6.45, 7) is 3.69. The van der Waals surface area contributed by atoms with Gasteiger partial charge >= 0.3 is 6.01 Å². The topological polar surface area (TPSA) is 93.1 Å². The molecular weight excluding hydrogens is 599 g/mol. The van der Waals surface area contributed by atoms with Crippen molar-refractivity contribution < 1.29 is 32.5 Å². The minimum absolute atomic E-state index is 0.0283. The van der Waals surface area contributed by atoms with Gasteiger partial charge in [0.05, 0.1) is 36.3 Å². The molecule has 3 fully saturated rings. The van der Waals surface area contributed by atoms with Crippen LogP contribution >= 0.6 is 0 Å². The summed E-state index contributed by atoms with van der Waals surface area (Å²) < 4.78 is 63.5. The van der Waals surface area contributed by atoms with Crippen LogP contribution in [-0.4, -0.2) is 96.4 Å². The van der Waals surface area contributed by atoms with Crippen LogP contribution in [0, 0.1) is 29.9 Å². The Morgan fingerprint density at radius 2 is 2.07 bits per heavy atom. The average Bonchev–Trinajstić information content (AvgIpc) is 3.46. The second kappa shape index (κ2) is 12.2. The van der Waals surface area contributed by atoms with Crippen molar-refractivity contribution in [1.29, 1.82) is 0 Å². The van der Waals surface area contributed by atoms with Crippen LogP contribution in [0.4, 0.5) is 19.0 Å². The number of terminal acetylenes is 1. The Morgan fingerprint density at radius 1 is 1.20 bits per heavy atom. The quantitative estimate of drug-likeness (QED) is 0.287. The first-order valence-electron chi connectivity index (χ1n) is 15.4. The molecule has 0 aliphatic carbocycles. The Hall–Kier alpha value is -4.18. The molecule has 0 amide bonds. The van der Waals surface area contributed by atoms with Crippen molar-refractivity contribution in [2.24, 2.45) is 5.92 Å². The first kappa shape index (κ1) is 30.5. The van der Waals surface area contributed by atoms with Gasteiger partial charge in [-0.3, -0.25) is 9.88 Å². The number of nitrogens with zero attached hydrogens (tertiary/aromatic N) is 5. The lowest BCUT2D eigenvalue weighted by molar-refractivity contribution is 0.0775. The number of fused-ring (bicyclic) bond motifs is 3. The third kappa shape index (κ3) is 5.36. The molecule has 12 heteroatoms. The van der Waals surface area contributed by atoms with E-state index in [-0.39, 0.29) is 52.0 Å². The lowest BCUT2D eigenvalue weighted by atomic mass is 9.95. The second-order valence-electron chi connectivity index (χ2n) is 12.4. The fraction of sp³-hybridized carbons (Fsp3) is 0.441. The van der Waals surface area contributed by atoms with Crippen molar-refractivity contribution >= 4 is 27.5 Å². The molecule has 5 heterocycles. The van der Waals surface area contributed by atoms with E-state index in [1.54, 1.807) is 7.11 Å². The highest BCUT2D eigenvalue weighted by atomic mass is 19.1. The molecule has 1 N–H and O–H groups in total. The van der Waals surface area contributed by atoms with Crippen molar-refractivity contribution in [3.8, 4) is 35.4 Å². The maximum absolute atomic E-state index is 16.8. The molecule has 2 aromatic carbocycles. The first-order valence-corrected chi connectivity index (χ1v) is 15.4. The number of ether oxygens (including phenoxy) is 3. The number of alkyl halides is 1. The zero-order chi connectivity index (χ0) is 32.0. The van der Waals surface area contributed by atoms with Crippen LogP contribution in [0.2, 0.25) is 0 Å². The molecule has 7 rings (SSSR count). The Labute approximate surface area is 264 Å². The number of aromatic nitrogens is 3. The van der Waals surface area contributed by atoms with Crippen LogP contribution in [-0.2, 0) is 9.47 Å². The number of phenols is 1. The number of phenolic OH excluding ortho intramolecular Hbond substituents is 1. The number of hydrogen-bond acceptors (Lipinski definition) is 9. The summed E-state index contributed by atoms with van der Waals surface area (Å²) in [6, 6.07) is 5.36. The zero-order valence-electron chi connectivity index (χ0n) is 25.4. The van der Waals surface area contributed by atoms with E-state index in [2.05, 4.69) is 20.8 Å². The van der Waals surface area contributed by atoms with Gasteiger partial charge in [-0.1, -0.05) is 12.0 Å². The molecule has 0 radical (unpaired) electrons. The van der Waals surface area contributed by atoms with E-state index < -0.39 is 23.3 Å². The number of aromatic hydroxyl groups is 1. The van der Waals surface area contributed by atoms with E-state index in [1.807, 2.05) is 4.90 Å². The second-order valence-corrected chi connectivity index (χ2v) is 12.4. The molecule has 0 bridgehead atoms. The number of anilines is 1. The Bertz CT molecular complexity index is 1850. The largest absolute Gasteiger partial charge is 0.508 e. The van der Waals surface area contributed by atoms with Crippen LogP contribution in [0.25, 0.3) is 32.9 Å². The number of hydrogen-bond donors (Lipinski definition) is 1. The lowest BCUT2D eigenvalue weighted by Crippen LogP contribution is -2.43. The van der Waals surface area contributed by atoms with Gasteiger partial charge in [0.15, 0.2) is 5.82 Å². The average molecular weight is 634 g/mol. The summed E-state index contributed by atoms with van der Waals surface area (Å²) in [5.41, 5.74) is -0.648. The highest BCUT2D eigenvalue weighted by Crippen LogP contribution is 2.42. The molecule has 0 saturated carbocycles. The van der Waals surface area contributed by atoms with Crippen LogP contribution < -0.4 is 9.64 Å². The maximum atomic E-state index is 16.8. The molecule has 3 atom stereocenters. The van der Waals surface area contributed by atoms with Gasteiger partial charge in [0.25, 0.3) is 0 Å². The summed E-state index contributed by atoms with van der Waals surface area (Å²) in [5.74, 6) is 1.17. The molecule has 2 aromatic heterocycles. The van der Waals surface area contributed by atoms with Crippen molar-refractivity contribution in [2.45, 2.75) is 31.0 Å². The van der Waals surface area contributed by atoms with Crippen LogP contribution in [0.5, 0.6) is 11.8 Å². The van der Waals surface area contributed by atoms with Gasteiger partial charge in [0, 0.05) is 56.2 Å². The van der Waals surface area contributed by atoms with Crippen molar-refractivity contribution in [3.63, 3.8) is 0 Å². The maximum Gasteiger partial charge on any atom is 0.319 e. The molecule has 240 valence electrons. The SMILES string of the molecule is C#Cc1c(F)ccc2cc(O)cc(-c3ncc4c(N5CCOCC(COC)C5)nc(OC[C@@]56CCCN5C[C@H](F)C6)nc4c3F)c12. The predicted molar refractivity (Wildman–Crippen MR) is 167 cm³/mol. The van der Waals surface area contributed by atoms with Gasteiger partial charge in [-0.25, -0.2) is 13.2 Å². The van der Waals surface area contributed by atoms with E-state index in [9.17, 15) is 13.9 Å². The zero-order valence-corrected chi connectivity index (χ0v) is 25.4. The van der Waals surface area contributed by atoms with Gasteiger partial charge in [0.2, 0.25) is 0 Å². The summed E-state index contributed by atoms with van der Waals surface area (Å²) in [6.07, 6.45) is 8.29. The summed E-state index contributed by atoms with van der Waals surface area (Å²) >= 11 is 0. The third-order valence-electron chi connectivity index (χ3n) is 9.37. The Kier molecular flexibility index (Phi) is 8.09. The van der Waals surface area contributed by atoms with Crippen LogP contribution in [0.3, 0.4) is 0 Å². The van der Waals surface area contributed by atoms with Gasteiger partial charge < -0.3 is 24.2 Å². The molecule has 3 aliphatic rings.